The zero-order chi connectivity index (χ0) is 23.9. The van der Waals surface area contributed by atoms with Gasteiger partial charge in [-0.1, -0.05) is 16.8 Å². The van der Waals surface area contributed by atoms with E-state index < -0.39 is 11.7 Å². The number of amides is 2. The van der Waals surface area contributed by atoms with E-state index >= 15 is 0 Å². The maximum Gasteiger partial charge on any atom is 0.428 e. The van der Waals surface area contributed by atoms with Gasteiger partial charge in [-0.15, -0.1) is 0 Å². The molecule has 10 heteroatoms. The van der Waals surface area contributed by atoms with Crippen molar-refractivity contribution in [1.29, 1.82) is 0 Å². The summed E-state index contributed by atoms with van der Waals surface area (Å²) in [5.41, 5.74) is 4.08. The van der Waals surface area contributed by atoms with E-state index in [-0.39, 0.29) is 28.7 Å². The van der Waals surface area contributed by atoms with E-state index in [0.29, 0.717) is 30.4 Å². The Morgan fingerprint density at radius 3 is 2.74 bits per heavy atom. The molecule has 2 aliphatic carbocycles. The van der Waals surface area contributed by atoms with Crippen molar-refractivity contribution in [2.75, 3.05) is 0 Å². The first-order valence-electron chi connectivity index (χ1n) is 11.6. The third kappa shape index (κ3) is 4.66. The first-order chi connectivity index (χ1) is 16.3. The van der Waals surface area contributed by atoms with E-state index in [2.05, 4.69) is 21.0 Å². The summed E-state index contributed by atoms with van der Waals surface area (Å²) >= 11 is 5.72. The van der Waals surface area contributed by atoms with Gasteiger partial charge in [0.1, 0.15) is 11.5 Å². The molecule has 5 rings (SSSR count). The summed E-state index contributed by atoms with van der Waals surface area (Å²) in [7, 11) is 0. The van der Waals surface area contributed by atoms with Gasteiger partial charge in [0.15, 0.2) is 10.8 Å². The molecule has 1 aromatic carbocycles. The van der Waals surface area contributed by atoms with E-state index in [1.807, 2.05) is 6.92 Å². The smallest absolute Gasteiger partial charge is 0.428 e. The average Bonchev–Trinajstić information content (AvgIpc) is 3.56. The quantitative estimate of drug-likeness (QED) is 0.600. The number of nitrogens with one attached hydrogen (secondary N) is 2. The van der Waals surface area contributed by atoms with Crippen LogP contribution in [0, 0.1) is 11.7 Å². The Labute approximate surface area is 201 Å². The highest BCUT2D eigenvalue weighted by molar-refractivity contribution is 6.29. The summed E-state index contributed by atoms with van der Waals surface area (Å²) in [5, 5.41) is 11.0. The molecule has 34 heavy (non-hydrogen) atoms. The molecule has 0 unspecified atom stereocenters. The fourth-order valence-electron chi connectivity index (χ4n) is 5.17. The highest BCUT2D eigenvalue weighted by Gasteiger charge is 2.47. The Balaban J connectivity index is 1.27. The van der Waals surface area contributed by atoms with E-state index in [1.165, 1.54) is 12.1 Å². The van der Waals surface area contributed by atoms with Crippen LogP contribution in [0.2, 0.25) is 5.15 Å². The summed E-state index contributed by atoms with van der Waals surface area (Å²) in [6.07, 6.45) is 5.09. The maximum atomic E-state index is 14.0. The molecule has 2 fully saturated rings. The average molecular weight is 489 g/mol. The monoisotopic (exact) mass is 488 g/mol. The molecule has 0 radical (unpaired) electrons. The lowest BCUT2D eigenvalue weighted by Gasteiger charge is -2.42. The minimum atomic E-state index is -0.830. The predicted octanol–water partition coefficient (Wildman–Crippen LogP) is 4.93. The standard InChI is InChI=1S/C24H26ClFN4O4/c1-13(27-22(31)19-12-20(25)30-34-19)10-14-6-8-24(9-7-14)21(28-29-23(32)33-24)17-5-4-16(26)11-18(17)15-2-3-15/h4-5,11-15H,2-3,6-10H2,1H3,(H,27,31)(H,29,32)/t13-,14?,24?/m0/s1. The van der Waals surface area contributed by atoms with Gasteiger partial charge in [-0.05, 0) is 87.5 Å². The Hall–Kier alpha value is -2.94. The second kappa shape index (κ2) is 9.02. The van der Waals surface area contributed by atoms with Crippen LogP contribution in [0.4, 0.5) is 9.18 Å². The number of hydrogen-bond donors (Lipinski definition) is 2. The van der Waals surface area contributed by atoms with Gasteiger partial charge in [-0.2, -0.15) is 5.10 Å². The molecule has 1 atom stereocenters. The lowest BCUT2D eigenvalue weighted by Crippen LogP contribution is -2.52. The summed E-state index contributed by atoms with van der Waals surface area (Å²) in [6, 6.07) is 6.07. The largest absolute Gasteiger partial charge is 0.435 e. The van der Waals surface area contributed by atoms with Gasteiger partial charge in [-0.3, -0.25) is 4.79 Å². The highest BCUT2D eigenvalue weighted by atomic mass is 35.5. The Morgan fingerprint density at radius 1 is 1.29 bits per heavy atom. The molecular formula is C24H26ClFN4O4. The van der Waals surface area contributed by atoms with Crippen molar-refractivity contribution in [2.24, 2.45) is 11.0 Å². The molecule has 2 aromatic rings. The summed E-state index contributed by atoms with van der Waals surface area (Å²) in [6.45, 7) is 1.94. The Bertz CT molecular complexity index is 1140. The molecule has 0 bridgehead atoms. The molecule has 1 aliphatic heterocycles. The van der Waals surface area contributed by atoms with Crippen LogP contribution < -0.4 is 10.7 Å². The number of nitrogens with zero attached hydrogens (tertiary/aromatic N) is 2. The van der Waals surface area contributed by atoms with Crippen LogP contribution in [0.5, 0.6) is 0 Å². The topological polar surface area (TPSA) is 106 Å². The van der Waals surface area contributed by atoms with Gasteiger partial charge in [-0.25, -0.2) is 14.6 Å². The first kappa shape index (κ1) is 22.8. The second-order valence-corrected chi connectivity index (χ2v) is 9.92. The Morgan fingerprint density at radius 2 is 2.06 bits per heavy atom. The summed E-state index contributed by atoms with van der Waals surface area (Å²) < 4.78 is 24.8. The van der Waals surface area contributed by atoms with E-state index in [1.54, 1.807) is 12.1 Å². The maximum absolute atomic E-state index is 14.0. The van der Waals surface area contributed by atoms with Crippen molar-refractivity contribution in [1.82, 2.24) is 15.9 Å². The van der Waals surface area contributed by atoms with Crippen LogP contribution in [0.3, 0.4) is 0 Å². The van der Waals surface area contributed by atoms with Gasteiger partial charge in [0.25, 0.3) is 5.91 Å². The Kier molecular flexibility index (Phi) is 6.06. The number of aromatic nitrogens is 1. The number of carbonyl (C=O) groups excluding carboxylic acids is 2. The molecule has 1 spiro atoms. The molecule has 3 aliphatic rings. The second-order valence-electron chi connectivity index (χ2n) is 9.53. The minimum Gasteiger partial charge on any atom is -0.435 e. The number of ether oxygens (including phenoxy) is 1. The molecule has 2 N–H and O–H groups in total. The van der Waals surface area contributed by atoms with Crippen molar-refractivity contribution >= 4 is 29.3 Å². The van der Waals surface area contributed by atoms with Gasteiger partial charge in [0, 0.05) is 17.7 Å². The molecule has 2 heterocycles. The molecule has 2 amide bonds. The number of rotatable bonds is 6. The molecule has 0 saturated heterocycles. The molecule has 1 aromatic heterocycles. The molecule has 8 nitrogen and oxygen atoms in total. The van der Waals surface area contributed by atoms with Crippen LogP contribution >= 0.6 is 11.6 Å². The van der Waals surface area contributed by atoms with E-state index in [0.717, 1.165) is 43.2 Å². The fraction of sp³-hybridized carbons (Fsp3) is 0.500. The van der Waals surface area contributed by atoms with Crippen molar-refractivity contribution in [3.8, 4) is 0 Å². The van der Waals surface area contributed by atoms with E-state index in [4.69, 9.17) is 20.9 Å². The van der Waals surface area contributed by atoms with Gasteiger partial charge < -0.3 is 14.6 Å². The van der Waals surface area contributed by atoms with Gasteiger partial charge in [0.05, 0.1) is 0 Å². The first-order valence-corrected chi connectivity index (χ1v) is 12.0. The van der Waals surface area contributed by atoms with Crippen molar-refractivity contribution in [3.63, 3.8) is 0 Å². The lowest BCUT2D eigenvalue weighted by molar-refractivity contribution is 0.0153. The van der Waals surface area contributed by atoms with Crippen LogP contribution in [-0.4, -0.2) is 34.5 Å². The molecule has 180 valence electrons. The van der Waals surface area contributed by atoms with Crippen molar-refractivity contribution in [2.45, 2.75) is 69.4 Å². The number of carbonyl (C=O) groups is 2. The zero-order valence-electron chi connectivity index (χ0n) is 18.8. The minimum absolute atomic E-state index is 0.0766. The number of hydrogen-bond acceptors (Lipinski definition) is 6. The third-order valence-corrected chi connectivity index (χ3v) is 7.13. The number of hydrazone groups is 1. The van der Waals surface area contributed by atoms with Crippen LogP contribution in [-0.2, 0) is 4.74 Å². The zero-order valence-corrected chi connectivity index (χ0v) is 19.5. The highest BCUT2D eigenvalue weighted by Crippen LogP contribution is 2.46. The van der Waals surface area contributed by atoms with Crippen LogP contribution in [0.1, 0.15) is 79.5 Å². The SMILES string of the molecule is C[C@@H](CC1CCC2(CC1)OC(=O)NN=C2c1ccc(F)cc1C1CC1)NC(=O)c1cc(Cl)no1. The number of halogens is 2. The van der Waals surface area contributed by atoms with Crippen molar-refractivity contribution in [3.05, 3.63) is 52.1 Å². The molecule has 2 saturated carbocycles. The van der Waals surface area contributed by atoms with Crippen molar-refractivity contribution < 1.29 is 23.2 Å². The normalized spacial score (nSPS) is 25.3. The van der Waals surface area contributed by atoms with Crippen LogP contribution in [0.15, 0.2) is 33.9 Å². The van der Waals surface area contributed by atoms with Gasteiger partial charge in [0.2, 0.25) is 5.76 Å². The van der Waals surface area contributed by atoms with Crippen LogP contribution in [0.25, 0.3) is 0 Å². The van der Waals surface area contributed by atoms with Gasteiger partial charge >= 0.3 is 6.09 Å². The van der Waals surface area contributed by atoms with E-state index in [9.17, 15) is 14.0 Å². The summed E-state index contributed by atoms with van der Waals surface area (Å²) in [4.78, 5) is 24.4. The summed E-state index contributed by atoms with van der Waals surface area (Å²) in [5.74, 6) is 0.110. The lowest BCUT2D eigenvalue weighted by atomic mass is 9.72. The number of benzene rings is 1. The fourth-order valence-corrected chi connectivity index (χ4v) is 5.31. The molecular weight excluding hydrogens is 463 g/mol. The predicted molar refractivity (Wildman–Crippen MR) is 122 cm³/mol. The third-order valence-electron chi connectivity index (χ3n) is 6.95.